The maximum Gasteiger partial charge on any atom is 0.472 e. The lowest BCUT2D eigenvalue weighted by Crippen LogP contribution is -2.15. The number of halogens is 9. The highest BCUT2D eigenvalue weighted by atomic mass is 31.3. The summed E-state index contributed by atoms with van der Waals surface area (Å²) < 4.78 is 133. The van der Waals surface area contributed by atoms with Crippen LogP contribution in [-0.2, 0) is 4.52 Å². The van der Waals surface area contributed by atoms with Gasteiger partial charge in [-0.1, -0.05) is 18.2 Å². The fourth-order valence-electron chi connectivity index (χ4n) is 1.44. The number of benzene rings is 1. The first-order valence-corrected chi connectivity index (χ1v) is 10.8. The summed E-state index contributed by atoms with van der Waals surface area (Å²) in [7, 11) is -18.3. The maximum atomic E-state index is 14.6. The lowest BCUT2D eigenvalue weighted by Gasteiger charge is -2.25. The lowest BCUT2D eigenvalue weighted by molar-refractivity contribution is -0.153. The predicted molar refractivity (Wildman–Crippen MR) is 76.5 cm³/mol. The zero-order valence-corrected chi connectivity index (χ0v) is 14.7. The van der Waals surface area contributed by atoms with Gasteiger partial charge in [0.2, 0.25) is 0 Å². The van der Waals surface area contributed by atoms with Gasteiger partial charge in [0.05, 0.1) is 0 Å². The second kappa shape index (κ2) is 6.89. The van der Waals surface area contributed by atoms with E-state index >= 15 is 0 Å². The smallest absolute Gasteiger partial charge is 0.419 e. The lowest BCUT2D eigenvalue weighted by atomic mass is 10.3. The Morgan fingerprint density at radius 2 is 1.38 bits per heavy atom. The molecule has 0 radical (unpaired) electrons. The van der Waals surface area contributed by atoms with Gasteiger partial charge >= 0.3 is 35.1 Å². The summed E-state index contributed by atoms with van der Waals surface area (Å²) >= 11 is 0. The SMILES string of the molecule is FC(F)(F)COP1(F)=NP(F)(Oc2ccccc2)=NP(F)(C(F)(F)F)=N1. The summed E-state index contributed by atoms with van der Waals surface area (Å²) in [6.07, 6.45) is -5.20. The van der Waals surface area contributed by atoms with Crippen molar-refractivity contribution in [2.24, 2.45) is 13.5 Å². The minimum atomic E-state index is -6.62. The Labute approximate surface area is 140 Å². The monoisotopic (exact) mass is 453 g/mol. The van der Waals surface area contributed by atoms with Gasteiger partial charge in [-0.25, -0.2) is 0 Å². The van der Waals surface area contributed by atoms with Crippen LogP contribution in [0.25, 0.3) is 0 Å². The van der Waals surface area contributed by atoms with Crippen LogP contribution >= 0.6 is 23.0 Å². The summed E-state index contributed by atoms with van der Waals surface area (Å²) in [5.41, 5.74) is 0. The van der Waals surface area contributed by atoms with Crippen LogP contribution in [0.15, 0.2) is 43.9 Å². The van der Waals surface area contributed by atoms with Crippen molar-refractivity contribution in [3.05, 3.63) is 30.3 Å². The molecule has 0 saturated carbocycles. The van der Waals surface area contributed by atoms with E-state index in [0.29, 0.717) is 0 Å². The van der Waals surface area contributed by atoms with Crippen molar-refractivity contribution in [1.29, 1.82) is 0 Å². The van der Waals surface area contributed by atoms with Crippen LogP contribution < -0.4 is 4.52 Å². The Morgan fingerprint density at radius 3 is 1.88 bits per heavy atom. The van der Waals surface area contributed by atoms with Crippen molar-refractivity contribution >= 4 is 23.0 Å². The van der Waals surface area contributed by atoms with Gasteiger partial charge in [-0.15, -0.1) is 13.2 Å². The van der Waals surface area contributed by atoms with E-state index in [0.717, 1.165) is 12.1 Å². The molecule has 1 aliphatic rings. The predicted octanol–water partition coefficient (Wildman–Crippen LogP) is 8.01. The molecule has 0 fully saturated rings. The Kier molecular flexibility index (Phi) is 5.65. The van der Waals surface area contributed by atoms with E-state index in [2.05, 4.69) is 18.1 Å². The summed E-state index contributed by atoms with van der Waals surface area (Å²) in [6, 6.07) is 5.92. The second-order valence-electron chi connectivity index (χ2n) is 4.50. The molecule has 3 unspecified atom stereocenters. The molecule has 0 aliphatic carbocycles. The topological polar surface area (TPSA) is 55.5 Å². The van der Waals surface area contributed by atoms with Crippen molar-refractivity contribution in [2.75, 3.05) is 6.61 Å². The van der Waals surface area contributed by atoms with Gasteiger partial charge in [0, 0.05) is 0 Å². The molecule has 2 rings (SSSR count). The Balaban J connectivity index is 2.57. The number of hydrogen-bond donors (Lipinski definition) is 0. The molecule has 26 heavy (non-hydrogen) atoms. The molecule has 1 aromatic rings. The largest absolute Gasteiger partial charge is 0.472 e. The second-order valence-corrected chi connectivity index (χ2v) is 10.5. The summed E-state index contributed by atoms with van der Waals surface area (Å²) in [6.45, 7) is -2.45. The minimum absolute atomic E-state index is 0.492. The van der Waals surface area contributed by atoms with Crippen molar-refractivity contribution in [3.8, 4) is 5.75 Å². The molecule has 5 nitrogen and oxygen atoms in total. The zero-order chi connectivity index (χ0) is 19.9. The summed E-state index contributed by atoms with van der Waals surface area (Å²) in [5.74, 6) is -6.46. The molecule has 0 saturated heterocycles. The molecule has 0 spiro atoms. The molecule has 0 N–H and O–H groups in total. The average molecular weight is 453 g/mol. The third-order valence-electron chi connectivity index (χ3n) is 2.36. The van der Waals surface area contributed by atoms with Crippen LogP contribution in [0.2, 0.25) is 0 Å². The van der Waals surface area contributed by atoms with Crippen LogP contribution in [0.1, 0.15) is 0 Å². The van der Waals surface area contributed by atoms with Gasteiger partial charge in [-0.2, -0.15) is 39.3 Å². The van der Waals surface area contributed by atoms with Crippen molar-refractivity contribution in [3.63, 3.8) is 0 Å². The summed E-state index contributed by atoms with van der Waals surface area (Å²) in [4.78, 5) is 0. The molecule has 0 bridgehead atoms. The highest BCUT2D eigenvalue weighted by molar-refractivity contribution is 7.80. The molecule has 1 aromatic carbocycles. The van der Waals surface area contributed by atoms with Crippen LogP contribution in [0.4, 0.5) is 38.9 Å². The molecular weight excluding hydrogens is 446 g/mol. The molecule has 148 valence electrons. The highest BCUT2D eigenvalue weighted by Crippen LogP contribution is 2.84. The molecule has 17 heteroatoms. The molecule has 0 aromatic heterocycles. The fourth-order valence-corrected chi connectivity index (χ4v) is 8.48. The van der Waals surface area contributed by atoms with Crippen LogP contribution in [0.5, 0.6) is 5.75 Å². The Bertz CT molecular complexity index is 836. The van der Waals surface area contributed by atoms with Gasteiger partial charge in [-0.05, 0) is 12.1 Å². The first-order chi connectivity index (χ1) is 11.7. The zero-order valence-electron chi connectivity index (χ0n) is 12.0. The number of para-hydroxylation sites is 1. The van der Waals surface area contributed by atoms with Crippen LogP contribution in [-0.4, -0.2) is 18.7 Å². The van der Waals surface area contributed by atoms with E-state index < -0.39 is 47.5 Å². The third-order valence-corrected chi connectivity index (χ3v) is 9.33. The Hall–Kier alpha value is -0.960. The Morgan fingerprint density at radius 1 is 0.808 bits per heavy atom. The van der Waals surface area contributed by atoms with Gasteiger partial charge in [0.25, 0.3) is 0 Å². The van der Waals surface area contributed by atoms with E-state index in [-0.39, 0.29) is 0 Å². The maximum absolute atomic E-state index is 14.6. The normalized spacial score (nSPS) is 32.2. The molecule has 1 aliphatic heterocycles. The number of hydrogen-bond acceptors (Lipinski definition) is 5. The molecule has 1 heterocycles. The van der Waals surface area contributed by atoms with E-state index in [1.165, 1.54) is 18.2 Å². The third kappa shape index (κ3) is 5.28. The van der Waals surface area contributed by atoms with E-state index in [1.807, 2.05) is 4.52 Å². The van der Waals surface area contributed by atoms with Gasteiger partial charge < -0.3 is 4.52 Å². The first-order valence-electron chi connectivity index (χ1n) is 6.19. The molecule has 3 atom stereocenters. The van der Waals surface area contributed by atoms with E-state index in [9.17, 15) is 38.9 Å². The standard InChI is InChI=1S/C9H7F9N3O2P3/c10-8(11,12)6-22-25(17)19-24(16,9(13,14)15)20-26(18,21-25)23-7-4-2-1-3-5-7/h1-5H,6H2. The van der Waals surface area contributed by atoms with Crippen molar-refractivity contribution < 1.29 is 48.0 Å². The van der Waals surface area contributed by atoms with Gasteiger partial charge in [0.1, 0.15) is 5.75 Å². The first kappa shape index (κ1) is 21.3. The van der Waals surface area contributed by atoms with Crippen LogP contribution in [0, 0.1) is 0 Å². The van der Waals surface area contributed by atoms with Gasteiger partial charge in [-0.3, -0.25) is 4.52 Å². The quantitative estimate of drug-likeness (QED) is 0.343. The number of rotatable bonds is 4. The number of nitrogens with zero attached hydrogens (tertiary/aromatic N) is 3. The summed E-state index contributed by atoms with van der Waals surface area (Å²) in [5, 5.41) is 0. The van der Waals surface area contributed by atoms with E-state index in [1.54, 1.807) is 0 Å². The average Bonchev–Trinajstić information content (AvgIpc) is 2.43. The minimum Gasteiger partial charge on any atom is -0.419 e. The van der Waals surface area contributed by atoms with Gasteiger partial charge in [0.15, 0.2) is 6.61 Å². The van der Waals surface area contributed by atoms with Crippen molar-refractivity contribution in [1.82, 2.24) is 0 Å². The fraction of sp³-hybridized carbons (Fsp3) is 0.333. The number of alkyl halides is 6. The van der Waals surface area contributed by atoms with Crippen LogP contribution in [0.3, 0.4) is 0 Å². The van der Waals surface area contributed by atoms with E-state index in [4.69, 9.17) is 0 Å². The molecule has 0 amide bonds. The highest BCUT2D eigenvalue weighted by Gasteiger charge is 2.57. The van der Waals surface area contributed by atoms with Crippen molar-refractivity contribution in [2.45, 2.75) is 12.1 Å². The molecular formula is C9H7F9N3O2P3.